The van der Waals surface area contributed by atoms with Crippen LogP contribution in [-0.4, -0.2) is 47.5 Å². The van der Waals surface area contributed by atoms with Crippen LogP contribution in [0.5, 0.6) is 0 Å². The molecule has 0 N–H and O–H groups in total. The molecule has 0 spiro atoms. The van der Waals surface area contributed by atoms with Gasteiger partial charge in [0.2, 0.25) is 0 Å². The average molecular weight is 483 g/mol. The van der Waals surface area contributed by atoms with Crippen LogP contribution in [0.1, 0.15) is 28.9 Å². The van der Waals surface area contributed by atoms with Crippen LogP contribution in [0, 0.1) is 11.3 Å². The van der Waals surface area contributed by atoms with E-state index in [2.05, 4.69) is 16.0 Å². The summed E-state index contributed by atoms with van der Waals surface area (Å²) in [6.07, 6.45) is 2.21. The van der Waals surface area contributed by atoms with Crippen LogP contribution in [0.15, 0.2) is 83.9 Å². The van der Waals surface area contributed by atoms with Gasteiger partial charge in [0.25, 0.3) is 5.91 Å². The zero-order chi connectivity index (χ0) is 24.4. The number of carbonyl (C=O) groups is 1. The van der Waals surface area contributed by atoms with Crippen LogP contribution in [-0.2, 0) is 9.84 Å². The molecule has 0 aliphatic carbocycles. The van der Waals surface area contributed by atoms with Crippen molar-refractivity contribution < 1.29 is 13.2 Å². The molecule has 1 aromatic heterocycles. The van der Waals surface area contributed by atoms with Crippen LogP contribution < -0.4 is 0 Å². The van der Waals surface area contributed by atoms with E-state index in [1.807, 2.05) is 36.4 Å². The van der Waals surface area contributed by atoms with Crippen molar-refractivity contribution in [2.45, 2.75) is 23.0 Å². The van der Waals surface area contributed by atoms with Crippen molar-refractivity contribution in [3.05, 3.63) is 90.3 Å². The fourth-order valence-electron chi connectivity index (χ4n) is 4.36. The lowest BCUT2D eigenvalue weighted by Crippen LogP contribution is -2.42. The minimum absolute atomic E-state index is 0.231. The number of fused-ring (bicyclic) bond motifs is 1. The van der Waals surface area contributed by atoms with Crippen molar-refractivity contribution in [3.63, 3.8) is 0 Å². The Labute approximate surface area is 203 Å². The number of hydrogen-bond donors (Lipinski definition) is 0. The van der Waals surface area contributed by atoms with E-state index in [9.17, 15) is 13.2 Å². The van der Waals surface area contributed by atoms with Gasteiger partial charge in [0.1, 0.15) is 5.69 Å². The van der Waals surface area contributed by atoms with E-state index < -0.39 is 15.1 Å². The van der Waals surface area contributed by atoms with Gasteiger partial charge in [-0.05, 0) is 60.4 Å². The molecule has 0 bridgehead atoms. The zero-order valence-corrected chi connectivity index (χ0v) is 19.6. The third kappa shape index (κ3) is 4.51. The van der Waals surface area contributed by atoms with Gasteiger partial charge in [0, 0.05) is 13.1 Å². The SMILES string of the molecule is N#Cc1ccc(-c2ccc(S(=O)(=O)C3CCN(C(=O)c4cnc5ccccc5n4)CC3)cc2)cc1. The van der Waals surface area contributed by atoms with E-state index in [4.69, 9.17) is 5.26 Å². The van der Waals surface area contributed by atoms with E-state index in [0.29, 0.717) is 37.0 Å². The number of para-hydroxylation sites is 2. The third-order valence-corrected chi connectivity index (χ3v) is 8.64. The Morgan fingerprint density at radius 2 is 1.49 bits per heavy atom. The average Bonchev–Trinajstić information content (AvgIpc) is 2.92. The first-order chi connectivity index (χ1) is 17.0. The maximum atomic E-state index is 13.2. The molecule has 7 nitrogen and oxygen atoms in total. The maximum Gasteiger partial charge on any atom is 0.274 e. The lowest BCUT2D eigenvalue weighted by atomic mass is 10.0. The van der Waals surface area contributed by atoms with Gasteiger partial charge in [-0.25, -0.2) is 13.4 Å². The number of amides is 1. The van der Waals surface area contributed by atoms with Crippen molar-refractivity contribution in [2.75, 3.05) is 13.1 Å². The molecule has 174 valence electrons. The number of sulfone groups is 1. The highest BCUT2D eigenvalue weighted by Gasteiger charge is 2.33. The van der Waals surface area contributed by atoms with E-state index in [-0.39, 0.29) is 16.5 Å². The first kappa shape index (κ1) is 22.7. The summed E-state index contributed by atoms with van der Waals surface area (Å²) in [6, 6.07) is 23.4. The fraction of sp³-hybridized carbons (Fsp3) is 0.185. The number of nitriles is 1. The summed E-state index contributed by atoms with van der Waals surface area (Å²) in [5.41, 5.74) is 4.01. The molecule has 0 saturated carbocycles. The largest absolute Gasteiger partial charge is 0.337 e. The smallest absolute Gasteiger partial charge is 0.274 e. The summed E-state index contributed by atoms with van der Waals surface area (Å²) in [5, 5.41) is 8.40. The quantitative estimate of drug-likeness (QED) is 0.431. The van der Waals surface area contributed by atoms with Gasteiger partial charge < -0.3 is 4.90 Å². The summed E-state index contributed by atoms with van der Waals surface area (Å²) < 4.78 is 26.5. The van der Waals surface area contributed by atoms with Gasteiger partial charge in [-0.2, -0.15) is 5.26 Å². The minimum Gasteiger partial charge on any atom is -0.337 e. The summed E-state index contributed by atoms with van der Waals surface area (Å²) in [4.78, 5) is 23.6. The molecule has 0 atom stereocenters. The van der Waals surface area contributed by atoms with E-state index in [0.717, 1.165) is 16.6 Å². The van der Waals surface area contributed by atoms with Gasteiger partial charge in [0.05, 0.1) is 39.0 Å². The molecule has 1 aliphatic rings. The molecule has 35 heavy (non-hydrogen) atoms. The van der Waals surface area contributed by atoms with Crippen LogP contribution >= 0.6 is 0 Å². The Balaban J connectivity index is 1.26. The molecule has 2 heterocycles. The molecule has 3 aromatic carbocycles. The standard InChI is InChI=1S/C27H22N4O3S/c28-17-19-5-7-20(8-6-19)21-9-11-22(12-10-21)35(33,34)23-13-15-31(16-14-23)27(32)26-18-29-24-3-1-2-4-25(24)30-26/h1-12,18,23H,13-16H2. The van der Waals surface area contributed by atoms with Crippen molar-refractivity contribution in [2.24, 2.45) is 0 Å². The molecule has 1 amide bonds. The maximum absolute atomic E-state index is 13.2. The lowest BCUT2D eigenvalue weighted by Gasteiger charge is -2.31. The van der Waals surface area contributed by atoms with Crippen molar-refractivity contribution in [3.8, 4) is 17.2 Å². The topological polar surface area (TPSA) is 104 Å². The van der Waals surface area contributed by atoms with Gasteiger partial charge in [0.15, 0.2) is 9.84 Å². The third-order valence-electron chi connectivity index (χ3n) is 6.37. The van der Waals surface area contributed by atoms with Gasteiger partial charge >= 0.3 is 0 Å². The predicted molar refractivity (Wildman–Crippen MR) is 132 cm³/mol. The lowest BCUT2D eigenvalue weighted by molar-refractivity contribution is 0.0719. The van der Waals surface area contributed by atoms with Crippen molar-refractivity contribution >= 4 is 26.8 Å². The highest BCUT2D eigenvalue weighted by molar-refractivity contribution is 7.92. The second-order valence-electron chi connectivity index (χ2n) is 8.49. The Bertz CT molecular complexity index is 1530. The van der Waals surface area contributed by atoms with Crippen LogP contribution in [0.25, 0.3) is 22.2 Å². The molecule has 0 radical (unpaired) electrons. The van der Waals surface area contributed by atoms with Gasteiger partial charge in [-0.3, -0.25) is 9.78 Å². The number of benzene rings is 3. The first-order valence-corrected chi connectivity index (χ1v) is 12.9. The summed E-state index contributed by atoms with van der Waals surface area (Å²) in [6.45, 7) is 0.696. The number of rotatable bonds is 4. The monoisotopic (exact) mass is 482 g/mol. The molecule has 0 unspecified atom stereocenters. The number of nitrogens with zero attached hydrogens (tertiary/aromatic N) is 4. The number of carbonyl (C=O) groups excluding carboxylic acids is 1. The Hall–Kier alpha value is -4.09. The zero-order valence-electron chi connectivity index (χ0n) is 18.8. The molecular weight excluding hydrogens is 460 g/mol. The predicted octanol–water partition coefficient (Wildman–Crippen LogP) is 4.25. The van der Waals surface area contributed by atoms with Crippen molar-refractivity contribution in [1.29, 1.82) is 5.26 Å². The molecule has 1 aliphatic heterocycles. The Morgan fingerprint density at radius 3 is 2.11 bits per heavy atom. The fourth-order valence-corrected chi connectivity index (χ4v) is 6.09. The molecule has 5 rings (SSSR count). The number of aromatic nitrogens is 2. The van der Waals surface area contributed by atoms with Gasteiger partial charge in [-0.15, -0.1) is 0 Å². The number of piperidine rings is 1. The summed E-state index contributed by atoms with van der Waals surface area (Å²) in [5.74, 6) is -0.231. The second-order valence-corrected chi connectivity index (χ2v) is 10.7. The van der Waals surface area contributed by atoms with Crippen LogP contribution in [0.4, 0.5) is 0 Å². The summed E-state index contributed by atoms with van der Waals surface area (Å²) in [7, 11) is -3.52. The van der Waals surface area contributed by atoms with Gasteiger partial charge in [-0.1, -0.05) is 36.4 Å². The van der Waals surface area contributed by atoms with E-state index in [1.54, 1.807) is 41.3 Å². The molecular formula is C27H22N4O3S. The highest BCUT2D eigenvalue weighted by atomic mass is 32.2. The highest BCUT2D eigenvalue weighted by Crippen LogP contribution is 2.28. The molecule has 1 fully saturated rings. The molecule has 1 saturated heterocycles. The van der Waals surface area contributed by atoms with E-state index >= 15 is 0 Å². The van der Waals surface area contributed by atoms with Crippen LogP contribution in [0.3, 0.4) is 0 Å². The Kier molecular flexibility index (Phi) is 6.01. The number of hydrogen-bond acceptors (Lipinski definition) is 6. The van der Waals surface area contributed by atoms with Crippen LogP contribution in [0.2, 0.25) is 0 Å². The Morgan fingerprint density at radius 1 is 0.886 bits per heavy atom. The first-order valence-electron chi connectivity index (χ1n) is 11.3. The second kappa shape index (κ2) is 9.28. The normalized spacial score (nSPS) is 14.5. The molecule has 4 aromatic rings. The minimum atomic E-state index is -3.52. The summed E-state index contributed by atoms with van der Waals surface area (Å²) >= 11 is 0. The van der Waals surface area contributed by atoms with E-state index in [1.165, 1.54) is 6.20 Å². The number of likely N-dealkylation sites (tertiary alicyclic amines) is 1. The molecule has 8 heteroatoms. The van der Waals surface area contributed by atoms with Crippen molar-refractivity contribution in [1.82, 2.24) is 14.9 Å².